The lowest BCUT2D eigenvalue weighted by atomic mass is 10.2. The van der Waals surface area contributed by atoms with Gasteiger partial charge in [-0.15, -0.1) is 0 Å². The Morgan fingerprint density at radius 3 is 2.45 bits per heavy atom. The van der Waals surface area contributed by atoms with E-state index in [4.69, 9.17) is 11.6 Å². The van der Waals surface area contributed by atoms with Crippen LogP contribution < -0.4 is 5.32 Å². The van der Waals surface area contributed by atoms with Gasteiger partial charge in [0.05, 0.1) is 15.5 Å². The van der Waals surface area contributed by atoms with Crippen molar-refractivity contribution < 1.29 is 9.72 Å². The standard InChI is InChI=1S/C13H8BrClN2O3/c14-11-3-1-2-10(12(11)15)13(18)16-8-4-6-9(7-5-8)17(19)20/h1-7H,(H,16,18). The van der Waals surface area contributed by atoms with E-state index < -0.39 is 4.92 Å². The minimum atomic E-state index is -0.503. The number of halogens is 2. The van der Waals surface area contributed by atoms with Gasteiger partial charge in [-0.3, -0.25) is 14.9 Å². The summed E-state index contributed by atoms with van der Waals surface area (Å²) < 4.78 is 0.621. The number of carbonyl (C=O) groups excluding carboxylic acids is 1. The summed E-state index contributed by atoms with van der Waals surface area (Å²) in [5, 5.41) is 13.5. The molecule has 0 atom stereocenters. The van der Waals surface area contributed by atoms with Gasteiger partial charge in [-0.2, -0.15) is 0 Å². The maximum atomic E-state index is 12.1. The number of nitrogens with one attached hydrogen (secondary N) is 1. The van der Waals surface area contributed by atoms with Crippen LogP contribution in [0.5, 0.6) is 0 Å². The molecule has 0 aromatic heterocycles. The van der Waals surface area contributed by atoms with Crippen LogP contribution in [0.2, 0.25) is 5.02 Å². The minimum Gasteiger partial charge on any atom is -0.322 e. The van der Waals surface area contributed by atoms with E-state index in [1.165, 1.54) is 24.3 Å². The molecule has 0 aliphatic carbocycles. The number of amides is 1. The molecule has 2 aromatic rings. The highest BCUT2D eigenvalue weighted by Crippen LogP contribution is 2.26. The van der Waals surface area contributed by atoms with Gasteiger partial charge in [-0.25, -0.2) is 0 Å². The fraction of sp³-hybridized carbons (Fsp3) is 0. The van der Waals surface area contributed by atoms with Gasteiger partial charge >= 0.3 is 0 Å². The molecule has 0 bridgehead atoms. The number of nitrogens with zero attached hydrogens (tertiary/aromatic N) is 1. The second-order valence-electron chi connectivity index (χ2n) is 3.86. The van der Waals surface area contributed by atoms with Crippen LogP contribution in [0.1, 0.15) is 10.4 Å². The van der Waals surface area contributed by atoms with Crippen LogP contribution in [-0.4, -0.2) is 10.8 Å². The lowest BCUT2D eigenvalue weighted by Crippen LogP contribution is -2.12. The highest BCUT2D eigenvalue weighted by molar-refractivity contribution is 9.10. The van der Waals surface area contributed by atoms with Crippen LogP contribution in [0.4, 0.5) is 11.4 Å². The highest BCUT2D eigenvalue weighted by Gasteiger charge is 2.13. The van der Waals surface area contributed by atoms with Crippen molar-refractivity contribution in [2.24, 2.45) is 0 Å². The molecule has 2 rings (SSSR count). The fourth-order valence-electron chi connectivity index (χ4n) is 1.54. The fourth-order valence-corrected chi connectivity index (χ4v) is 2.12. The number of anilines is 1. The molecule has 0 aliphatic heterocycles. The monoisotopic (exact) mass is 354 g/mol. The van der Waals surface area contributed by atoms with E-state index in [-0.39, 0.29) is 11.6 Å². The number of nitro groups is 1. The quantitative estimate of drug-likeness (QED) is 0.660. The van der Waals surface area contributed by atoms with E-state index in [1.54, 1.807) is 18.2 Å². The van der Waals surface area contributed by atoms with Gasteiger partial charge in [0.25, 0.3) is 11.6 Å². The first-order chi connectivity index (χ1) is 9.49. The van der Waals surface area contributed by atoms with Crippen LogP contribution in [0.25, 0.3) is 0 Å². The van der Waals surface area contributed by atoms with Crippen LogP contribution >= 0.6 is 27.5 Å². The van der Waals surface area contributed by atoms with Gasteiger partial charge in [0.15, 0.2) is 0 Å². The van der Waals surface area contributed by atoms with E-state index >= 15 is 0 Å². The molecule has 0 spiro atoms. The summed E-state index contributed by atoms with van der Waals surface area (Å²) in [7, 11) is 0. The van der Waals surface area contributed by atoms with E-state index in [0.717, 1.165) is 0 Å². The smallest absolute Gasteiger partial charge is 0.269 e. The third-order valence-corrected chi connectivity index (χ3v) is 3.83. The number of rotatable bonds is 3. The van der Waals surface area contributed by atoms with Crippen molar-refractivity contribution in [3.05, 3.63) is 67.6 Å². The number of benzene rings is 2. The molecule has 0 unspecified atom stereocenters. The van der Waals surface area contributed by atoms with Crippen molar-refractivity contribution in [1.29, 1.82) is 0 Å². The predicted octanol–water partition coefficient (Wildman–Crippen LogP) is 4.26. The van der Waals surface area contributed by atoms with Gasteiger partial charge < -0.3 is 5.32 Å². The molecular weight excluding hydrogens is 348 g/mol. The molecule has 0 saturated heterocycles. The molecule has 0 aliphatic rings. The van der Waals surface area contributed by atoms with Crippen molar-refractivity contribution in [3.8, 4) is 0 Å². The second-order valence-corrected chi connectivity index (χ2v) is 5.09. The average Bonchev–Trinajstić information content (AvgIpc) is 2.42. The predicted molar refractivity (Wildman–Crippen MR) is 80.2 cm³/mol. The Labute approximate surface area is 127 Å². The van der Waals surface area contributed by atoms with Gasteiger partial charge in [0.2, 0.25) is 0 Å². The molecule has 102 valence electrons. The zero-order valence-corrected chi connectivity index (χ0v) is 12.3. The Morgan fingerprint density at radius 1 is 1.20 bits per heavy atom. The molecule has 20 heavy (non-hydrogen) atoms. The van der Waals surface area contributed by atoms with E-state index in [2.05, 4.69) is 21.2 Å². The highest BCUT2D eigenvalue weighted by atomic mass is 79.9. The molecule has 1 N–H and O–H groups in total. The Balaban J connectivity index is 2.19. The molecule has 0 saturated carbocycles. The van der Waals surface area contributed by atoms with Crippen molar-refractivity contribution in [2.45, 2.75) is 0 Å². The molecule has 0 radical (unpaired) electrons. The number of carbonyl (C=O) groups is 1. The van der Waals surface area contributed by atoms with Crippen LogP contribution in [0, 0.1) is 10.1 Å². The molecule has 5 nitrogen and oxygen atoms in total. The zero-order chi connectivity index (χ0) is 14.7. The normalized spacial score (nSPS) is 10.1. The minimum absolute atomic E-state index is 0.0384. The largest absolute Gasteiger partial charge is 0.322 e. The van der Waals surface area contributed by atoms with Crippen molar-refractivity contribution in [3.63, 3.8) is 0 Å². The third kappa shape index (κ3) is 3.15. The van der Waals surface area contributed by atoms with Crippen LogP contribution in [0.15, 0.2) is 46.9 Å². The van der Waals surface area contributed by atoms with Crippen molar-refractivity contribution >= 4 is 44.8 Å². The first kappa shape index (κ1) is 14.5. The summed E-state index contributed by atoms with van der Waals surface area (Å²) in [6, 6.07) is 10.6. The van der Waals surface area contributed by atoms with E-state index in [1.807, 2.05) is 0 Å². The summed E-state index contributed by atoms with van der Waals surface area (Å²) in [6.45, 7) is 0. The molecule has 0 fully saturated rings. The van der Waals surface area contributed by atoms with Gasteiger partial charge in [-0.05, 0) is 40.2 Å². The maximum absolute atomic E-state index is 12.1. The Morgan fingerprint density at radius 2 is 1.85 bits per heavy atom. The van der Waals surface area contributed by atoms with Crippen LogP contribution in [0.3, 0.4) is 0 Å². The maximum Gasteiger partial charge on any atom is 0.269 e. The van der Waals surface area contributed by atoms with Gasteiger partial charge in [0, 0.05) is 22.3 Å². The number of hydrogen-bond acceptors (Lipinski definition) is 3. The first-order valence-corrected chi connectivity index (χ1v) is 6.66. The van der Waals surface area contributed by atoms with Gasteiger partial charge in [-0.1, -0.05) is 17.7 Å². The number of non-ortho nitro benzene ring substituents is 1. The summed E-state index contributed by atoms with van der Waals surface area (Å²) in [5.74, 6) is -0.384. The van der Waals surface area contributed by atoms with Crippen molar-refractivity contribution in [2.75, 3.05) is 5.32 Å². The zero-order valence-electron chi connectivity index (χ0n) is 9.97. The van der Waals surface area contributed by atoms with Crippen LogP contribution in [-0.2, 0) is 0 Å². The van der Waals surface area contributed by atoms with Gasteiger partial charge in [0.1, 0.15) is 0 Å². The Hall–Kier alpha value is -1.92. The third-order valence-electron chi connectivity index (χ3n) is 2.53. The molecular formula is C13H8BrClN2O3. The molecule has 0 heterocycles. The van der Waals surface area contributed by atoms with E-state index in [9.17, 15) is 14.9 Å². The lowest BCUT2D eigenvalue weighted by Gasteiger charge is -2.07. The second kappa shape index (κ2) is 6.02. The summed E-state index contributed by atoms with van der Waals surface area (Å²) in [6.07, 6.45) is 0. The van der Waals surface area contributed by atoms with E-state index in [0.29, 0.717) is 20.7 Å². The molecule has 2 aromatic carbocycles. The first-order valence-electron chi connectivity index (χ1n) is 5.49. The molecule has 7 heteroatoms. The lowest BCUT2D eigenvalue weighted by molar-refractivity contribution is -0.384. The van der Waals surface area contributed by atoms with Crippen molar-refractivity contribution in [1.82, 2.24) is 0 Å². The summed E-state index contributed by atoms with van der Waals surface area (Å²) in [5.41, 5.74) is 0.736. The molecule has 1 amide bonds. The number of hydrogen-bond donors (Lipinski definition) is 1. The summed E-state index contributed by atoms with van der Waals surface area (Å²) in [4.78, 5) is 22.1. The SMILES string of the molecule is O=C(Nc1ccc([N+](=O)[O-])cc1)c1cccc(Br)c1Cl. The summed E-state index contributed by atoms with van der Waals surface area (Å²) >= 11 is 9.26. The average molecular weight is 356 g/mol. The Kier molecular flexibility index (Phi) is 4.36. The number of nitro benzene ring substituents is 1. The Bertz CT molecular complexity index is 674. The topological polar surface area (TPSA) is 72.2 Å².